The molecule has 6 heteroatoms. The molecule has 0 aliphatic rings. The third-order valence-electron chi connectivity index (χ3n) is 1.19. The van der Waals surface area contributed by atoms with E-state index >= 15 is 0 Å². The third-order valence-corrected chi connectivity index (χ3v) is 1.99. The zero-order valence-corrected chi connectivity index (χ0v) is 7.54. The molecule has 0 fully saturated rings. The lowest BCUT2D eigenvalue weighted by Gasteiger charge is -1.91. The average molecular weight is 199 g/mol. The second-order valence-corrected chi connectivity index (χ2v) is 3.28. The van der Waals surface area contributed by atoms with Crippen molar-refractivity contribution in [2.75, 3.05) is 12.3 Å². The van der Waals surface area contributed by atoms with Gasteiger partial charge in [-0.25, -0.2) is 9.78 Å². The molecule has 1 aromatic rings. The van der Waals surface area contributed by atoms with Crippen LogP contribution in [-0.2, 0) is 0 Å². The van der Waals surface area contributed by atoms with Crippen LogP contribution in [-0.4, -0.2) is 22.7 Å². The highest BCUT2D eigenvalue weighted by molar-refractivity contribution is 7.16. The largest absolute Gasteiger partial charge is 0.465 e. The first-order valence-electron chi connectivity index (χ1n) is 3.53. The van der Waals surface area contributed by atoms with Gasteiger partial charge in [-0.05, 0) is 6.08 Å². The lowest BCUT2D eigenvalue weighted by molar-refractivity contribution is 0.195. The minimum Gasteiger partial charge on any atom is -0.465 e. The van der Waals surface area contributed by atoms with Crippen molar-refractivity contribution in [2.24, 2.45) is 0 Å². The number of anilines is 1. The predicted octanol–water partition coefficient (Wildman–Crippen LogP) is 1.01. The fourth-order valence-electron chi connectivity index (χ4n) is 0.699. The molecule has 0 spiro atoms. The van der Waals surface area contributed by atoms with Gasteiger partial charge in [-0.15, -0.1) is 0 Å². The van der Waals surface area contributed by atoms with Gasteiger partial charge in [0.05, 0.1) is 0 Å². The molecule has 1 heterocycles. The number of nitrogens with two attached hydrogens (primary N) is 1. The van der Waals surface area contributed by atoms with E-state index in [4.69, 9.17) is 10.8 Å². The third kappa shape index (κ3) is 3.57. The van der Waals surface area contributed by atoms with Gasteiger partial charge in [0.25, 0.3) is 0 Å². The van der Waals surface area contributed by atoms with Crippen molar-refractivity contribution in [3.8, 4) is 0 Å². The van der Waals surface area contributed by atoms with Gasteiger partial charge < -0.3 is 16.2 Å². The van der Waals surface area contributed by atoms with Crippen molar-refractivity contribution in [1.29, 1.82) is 0 Å². The number of rotatable bonds is 3. The van der Waals surface area contributed by atoms with Crippen molar-refractivity contribution >= 4 is 28.6 Å². The fraction of sp³-hybridized carbons (Fsp3) is 0.143. The van der Waals surface area contributed by atoms with Crippen LogP contribution in [0.1, 0.15) is 4.88 Å². The highest BCUT2D eigenvalue weighted by atomic mass is 32.1. The standard InChI is InChI=1S/C7H9N3O2S/c8-6-10-4-5(13-6)2-1-3-9-7(11)12/h1-2,4,9H,3H2,(H2,8,10)(H,11,12)/b2-1+. The van der Waals surface area contributed by atoms with Crippen molar-refractivity contribution in [3.63, 3.8) is 0 Å². The van der Waals surface area contributed by atoms with E-state index in [1.165, 1.54) is 11.3 Å². The first-order chi connectivity index (χ1) is 6.18. The van der Waals surface area contributed by atoms with E-state index in [1.54, 1.807) is 18.3 Å². The van der Waals surface area contributed by atoms with E-state index in [2.05, 4.69) is 10.3 Å². The predicted molar refractivity (Wildman–Crippen MR) is 51.6 cm³/mol. The molecule has 0 aromatic carbocycles. The first kappa shape index (κ1) is 9.53. The van der Waals surface area contributed by atoms with Gasteiger partial charge in [0.1, 0.15) is 0 Å². The Morgan fingerprint density at radius 2 is 2.62 bits per heavy atom. The van der Waals surface area contributed by atoms with Gasteiger partial charge in [0, 0.05) is 17.6 Å². The number of hydrogen-bond acceptors (Lipinski definition) is 4. The fourth-order valence-corrected chi connectivity index (χ4v) is 1.32. The normalized spacial score (nSPS) is 10.5. The molecule has 13 heavy (non-hydrogen) atoms. The summed E-state index contributed by atoms with van der Waals surface area (Å²) in [6.45, 7) is 0.285. The molecule has 0 saturated carbocycles. The zero-order chi connectivity index (χ0) is 9.68. The van der Waals surface area contributed by atoms with Crippen LogP contribution in [0.15, 0.2) is 12.3 Å². The Hall–Kier alpha value is -1.56. The molecule has 4 N–H and O–H groups in total. The molecule has 1 amide bonds. The molecule has 0 bridgehead atoms. The van der Waals surface area contributed by atoms with E-state index in [9.17, 15) is 4.79 Å². The number of carboxylic acid groups (broad SMARTS) is 1. The number of nitrogen functional groups attached to an aromatic ring is 1. The van der Waals surface area contributed by atoms with Crippen LogP contribution in [0, 0.1) is 0 Å². The van der Waals surface area contributed by atoms with Crippen LogP contribution in [0.4, 0.5) is 9.93 Å². The zero-order valence-electron chi connectivity index (χ0n) is 6.73. The molecule has 0 unspecified atom stereocenters. The van der Waals surface area contributed by atoms with Crippen LogP contribution >= 0.6 is 11.3 Å². The molecule has 0 radical (unpaired) electrons. The minimum absolute atomic E-state index is 0.285. The maximum absolute atomic E-state index is 10.0. The molecule has 1 aromatic heterocycles. The number of thiazole rings is 1. The summed E-state index contributed by atoms with van der Waals surface area (Å²) >= 11 is 1.35. The number of carbonyl (C=O) groups is 1. The molecule has 0 aliphatic carbocycles. The molecule has 1 rings (SSSR count). The second-order valence-electron chi connectivity index (χ2n) is 2.19. The monoisotopic (exact) mass is 199 g/mol. The lowest BCUT2D eigenvalue weighted by atomic mass is 10.4. The molecule has 5 nitrogen and oxygen atoms in total. The topological polar surface area (TPSA) is 88.2 Å². The van der Waals surface area contributed by atoms with E-state index < -0.39 is 6.09 Å². The Morgan fingerprint density at radius 3 is 3.15 bits per heavy atom. The number of aromatic nitrogens is 1. The Balaban J connectivity index is 2.36. The minimum atomic E-state index is -1.03. The maximum Gasteiger partial charge on any atom is 0.404 e. The van der Waals surface area contributed by atoms with Crippen LogP contribution in [0.25, 0.3) is 6.08 Å². The summed E-state index contributed by atoms with van der Waals surface area (Å²) in [5.74, 6) is 0. The van der Waals surface area contributed by atoms with Gasteiger partial charge >= 0.3 is 6.09 Å². The molecule has 0 atom stereocenters. The van der Waals surface area contributed by atoms with Gasteiger partial charge in [0.15, 0.2) is 5.13 Å². The molecule has 0 saturated heterocycles. The summed E-state index contributed by atoms with van der Waals surface area (Å²) < 4.78 is 0. The number of amides is 1. The average Bonchev–Trinajstić information content (AvgIpc) is 2.45. The van der Waals surface area contributed by atoms with E-state index in [1.807, 2.05) is 0 Å². The Labute approximate surface area is 78.9 Å². The van der Waals surface area contributed by atoms with Crippen molar-refractivity contribution < 1.29 is 9.90 Å². The van der Waals surface area contributed by atoms with Crippen LogP contribution in [0.5, 0.6) is 0 Å². The summed E-state index contributed by atoms with van der Waals surface area (Å²) in [4.78, 5) is 14.8. The number of nitrogens with one attached hydrogen (secondary N) is 1. The molecule has 70 valence electrons. The summed E-state index contributed by atoms with van der Waals surface area (Å²) in [7, 11) is 0. The maximum atomic E-state index is 10.0. The summed E-state index contributed by atoms with van der Waals surface area (Å²) in [6.07, 6.45) is 4.07. The van der Waals surface area contributed by atoms with Crippen molar-refractivity contribution in [1.82, 2.24) is 10.3 Å². The van der Waals surface area contributed by atoms with Gasteiger partial charge in [-0.2, -0.15) is 0 Å². The SMILES string of the molecule is Nc1ncc(/C=C/CNC(=O)O)s1. The molecular weight excluding hydrogens is 190 g/mol. The number of hydrogen-bond donors (Lipinski definition) is 3. The van der Waals surface area contributed by atoms with Crippen LogP contribution in [0.2, 0.25) is 0 Å². The van der Waals surface area contributed by atoms with Gasteiger partial charge in [-0.3, -0.25) is 0 Å². The van der Waals surface area contributed by atoms with Gasteiger partial charge in [-0.1, -0.05) is 17.4 Å². The first-order valence-corrected chi connectivity index (χ1v) is 4.35. The Bertz CT molecular complexity index is 321. The Kier molecular flexibility index (Phi) is 3.27. The highest BCUT2D eigenvalue weighted by Gasteiger charge is 1.93. The van der Waals surface area contributed by atoms with Crippen LogP contribution in [0.3, 0.4) is 0 Å². The Morgan fingerprint density at radius 1 is 1.85 bits per heavy atom. The number of nitrogens with zero attached hydrogens (tertiary/aromatic N) is 1. The van der Waals surface area contributed by atoms with E-state index in [0.29, 0.717) is 5.13 Å². The lowest BCUT2D eigenvalue weighted by Crippen LogP contribution is -2.20. The van der Waals surface area contributed by atoms with E-state index in [-0.39, 0.29) is 6.54 Å². The van der Waals surface area contributed by atoms with Crippen LogP contribution < -0.4 is 11.1 Å². The second kappa shape index (κ2) is 4.46. The smallest absolute Gasteiger partial charge is 0.404 e. The summed E-state index contributed by atoms with van der Waals surface area (Å²) in [5.41, 5.74) is 5.39. The highest BCUT2D eigenvalue weighted by Crippen LogP contribution is 2.15. The quantitative estimate of drug-likeness (QED) is 0.677. The summed E-state index contributed by atoms with van der Waals surface area (Å²) in [6, 6.07) is 0. The summed E-state index contributed by atoms with van der Waals surface area (Å²) in [5, 5.41) is 11.0. The molecular formula is C7H9N3O2S. The van der Waals surface area contributed by atoms with Gasteiger partial charge in [0.2, 0.25) is 0 Å². The van der Waals surface area contributed by atoms with E-state index in [0.717, 1.165) is 4.88 Å². The van der Waals surface area contributed by atoms with Crippen molar-refractivity contribution in [2.45, 2.75) is 0 Å². The molecule has 0 aliphatic heterocycles. The van der Waals surface area contributed by atoms with Crippen molar-refractivity contribution in [3.05, 3.63) is 17.2 Å².